The Balaban J connectivity index is 1.43. The lowest BCUT2D eigenvalue weighted by molar-refractivity contribution is 0.121. The third-order valence-corrected chi connectivity index (χ3v) is 7.55. The second-order valence-corrected chi connectivity index (χ2v) is 10.6. The fourth-order valence-electron chi connectivity index (χ4n) is 5.59. The summed E-state index contributed by atoms with van der Waals surface area (Å²) in [6, 6.07) is 16.7. The SMILES string of the molecule is CCOCCN1C[C@@H](NC(=O)Nc2c(C)c(-c3cc(C)nc(C)c3)nn2-c2ccccc2)[C@H](c2ccc(F)c(F)c2)C1. The summed E-state index contributed by atoms with van der Waals surface area (Å²) in [4.78, 5) is 20.2. The zero-order valence-electron chi connectivity index (χ0n) is 24.3. The molecule has 2 N–H and O–H groups in total. The van der Waals surface area contributed by atoms with E-state index >= 15 is 0 Å². The monoisotopic (exact) mass is 574 g/mol. The average molecular weight is 575 g/mol. The number of pyridine rings is 1. The minimum Gasteiger partial charge on any atom is -0.380 e. The van der Waals surface area contributed by atoms with Gasteiger partial charge in [0.25, 0.3) is 0 Å². The number of carbonyl (C=O) groups is 1. The summed E-state index contributed by atoms with van der Waals surface area (Å²) < 4.78 is 35.1. The van der Waals surface area contributed by atoms with Crippen molar-refractivity contribution in [3.8, 4) is 16.9 Å². The second kappa shape index (κ2) is 12.8. The molecule has 4 aromatic rings. The van der Waals surface area contributed by atoms with Crippen LogP contribution in [0.4, 0.5) is 19.4 Å². The molecule has 8 nitrogen and oxygen atoms in total. The van der Waals surface area contributed by atoms with Gasteiger partial charge in [0, 0.05) is 54.7 Å². The van der Waals surface area contributed by atoms with Gasteiger partial charge in [0.15, 0.2) is 11.6 Å². The molecule has 0 radical (unpaired) electrons. The quantitative estimate of drug-likeness (QED) is 0.248. The first-order valence-electron chi connectivity index (χ1n) is 14.2. The molecule has 3 heterocycles. The largest absolute Gasteiger partial charge is 0.380 e. The fraction of sp³-hybridized carbons (Fsp3) is 0.344. The Morgan fingerprint density at radius 2 is 1.74 bits per heavy atom. The number of amides is 2. The fourth-order valence-corrected chi connectivity index (χ4v) is 5.59. The van der Waals surface area contributed by atoms with E-state index in [0.717, 1.165) is 40.0 Å². The van der Waals surface area contributed by atoms with E-state index in [-0.39, 0.29) is 12.0 Å². The molecule has 0 saturated carbocycles. The number of nitrogens with zero attached hydrogens (tertiary/aromatic N) is 4. The summed E-state index contributed by atoms with van der Waals surface area (Å²) in [6.45, 7) is 10.7. The van der Waals surface area contributed by atoms with Crippen molar-refractivity contribution in [2.45, 2.75) is 39.7 Å². The van der Waals surface area contributed by atoms with Gasteiger partial charge in [-0.25, -0.2) is 18.3 Å². The summed E-state index contributed by atoms with van der Waals surface area (Å²) in [5.74, 6) is -1.49. The highest BCUT2D eigenvalue weighted by molar-refractivity contribution is 5.91. The van der Waals surface area contributed by atoms with Gasteiger partial charge in [-0.15, -0.1) is 0 Å². The number of benzene rings is 2. The Kier molecular flexibility index (Phi) is 8.94. The zero-order valence-corrected chi connectivity index (χ0v) is 24.3. The second-order valence-electron chi connectivity index (χ2n) is 10.6. The third-order valence-electron chi connectivity index (χ3n) is 7.55. The topological polar surface area (TPSA) is 84.3 Å². The first kappa shape index (κ1) is 29.3. The number of hydrogen-bond acceptors (Lipinski definition) is 5. The summed E-state index contributed by atoms with van der Waals surface area (Å²) in [5, 5.41) is 11.0. The van der Waals surface area contributed by atoms with Gasteiger partial charge >= 0.3 is 6.03 Å². The minimum atomic E-state index is -0.903. The molecule has 5 rings (SSSR count). The first-order chi connectivity index (χ1) is 20.2. The number of halogens is 2. The molecule has 1 fully saturated rings. The van der Waals surface area contributed by atoms with Crippen molar-refractivity contribution in [1.82, 2.24) is 25.0 Å². The van der Waals surface area contributed by atoms with Crippen LogP contribution in [0.5, 0.6) is 0 Å². The van der Waals surface area contributed by atoms with Gasteiger partial charge in [0.05, 0.1) is 24.0 Å². The third kappa shape index (κ3) is 6.50. The van der Waals surface area contributed by atoms with Crippen LogP contribution in [0.2, 0.25) is 0 Å². The summed E-state index contributed by atoms with van der Waals surface area (Å²) in [5.41, 5.74) is 5.65. The zero-order chi connectivity index (χ0) is 29.8. The van der Waals surface area contributed by atoms with E-state index in [9.17, 15) is 13.6 Å². The molecular weight excluding hydrogens is 538 g/mol. The van der Waals surface area contributed by atoms with Crippen molar-refractivity contribution < 1.29 is 18.3 Å². The van der Waals surface area contributed by atoms with Gasteiger partial charge in [0.2, 0.25) is 0 Å². The predicted octanol–water partition coefficient (Wildman–Crippen LogP) is 5.76. The van der Waals surface area contributed by atoms with Crippen molar-refractivity contribution in [3.05, 3.63) is 94.8 Å². The van der Waals surface area contributed by atoms with Crippen LogP contribution in [0.3, 0.4) is 0 Å². The maximum Gasteiger partial charge on any atom is 0.320 e. The number of anilines is 1. The maximum absolute atomic E-state index is 14.2. The molecule has 220 valence electrons. The summed E-state index contributed by atoms with van der Waals surface area (Å²) >= 11 is 0. The maximum atomic E-state index is 14.2. The van der Waals surface area contributed by atoms with E-state index in [1.807, 2.05) is 70.2 Å². The summed E-state index contributed by atoms with van der Waals surface area (Å²) in [6.07, 6.45) is 0. The van der Waals surface area contributed by atoms with E-state index in [0.29, 0.717) is 44.2 Å². The Morgan fingerprint density at radius 1 is 1.00 bits per heavy atom. The molecule has 42 heavy (non-hydrogen) atoms. The van der Waals surface area contributed by atoms with Crippen LogP contribution in [0.25, 0.3) is 16.9 Å². The van der Waals surface area contributed by atoms with Crippen LogP contribution in [0, 0.1) is 32.4 Å². The van der Waals surface area contributed by atoms with E-state index in [2.05, 4.69) is 20.5 Å². The van der Waals surface area contributed by atoms with Crippen LogP contribution in [-0.2, 0) is 4.74 Å². The number of ether oxygens (including phenoxy) is 1. The van der Waals surface area contributed by atoms with E-state index in [1.54, 1.807) is 10.7 Å². The summed E-state index contributed by atoms with van der Waals surface area (Å²) in [7, 11) is 0. The van der Waals surface area contributed by atoms with Gasteiger partial charge in [-0.05, 0) is 69.7 Å². The Labute approximate surface area is 244 Å². The molecule has 0 unspecified atom stereocenters. The molecule has 10 heteroatoms. The molecule has 2 aromatic heterocycles. The van der Waals surface area contributed by atoms with Crippen molar-refractivity contribution in [2.75, 3.05) is 38.2 Å². The van der Waals surface area contributed by atoms with Crippen LogP contribution in [0.1, 0.15) is 35.4 Å². The van der Waals surface area contributed by atoms with Crippen molar-refractivity contribution in [3.63, 3.8) is 0 Å². The standard InChI is InChI=1S/C32H36F2N6O2/c1-5-42-14-13-39-18-26(23-11-12-27(33)28(34)17-23)29(19-39)36-32(41)37-31-22(4)30(24-15-20(2)35-21(3)16-24)38-40(31)25-9-7-6-8-10-25/h6-12,15-17,26,29H,5,13-14,18-19H2,1-4H3,(H2,36,37,41)/t26-,29+/m0/s1. The predicted molar refractivity (Wildman–Crippen MR) is 159 cm³/mol. The van der Waals surface area contributed by atoms with Gasteiger partial charge in [-0.3, -0.25) is 15.2 Å². The molecule has 0 bridgehead atoms. The van der Waals surface area contributed by atoms with Gasteiger partial charge < -0.3 is 10.1 Å². The molecule has 1 saturated heterocycles. The molecule has 2 aromatic carbocycles. The lowest BCUT2D eigenvalue weighted by Crippen LogP contribution is -2.42. The Bertz CT molecular complexity index is 1540. The first-order valence-corrected chi connectivity index (χ1v) is 14.2. The normalized spacial score (nSPS) is 17.0. The van der Waals surface area contributed by atoms with E-state index in [1.165, 1.54) is 6.07 Å². The van der Waals surface area contributed by atoms with Crippen LogP contribution >= 0.6 is 0 Å². The lowest BCUT2D eigenvalue weighted by Gasteiger charge is -2.21. The van der Waals surface area contributed by atoms with Crippen LogP contribution in [0.15, 0.2) is 60.7 Å². The number of aryl methyl sites for hydroxylation is 2. The van der Waals surface area contributed by atoms with Crippen LogP contribution in [-0.4, -0.2) is 64.6 Å². The number of likely N-dealkylation sites (tertiary alicyclic amines) is 1. The molecule has 2 amide bonds. The van der Waals surface area contributed by atoms with Crippen LogP contribution < -0.4 is 10.6 Å². The lowest BCUT2D eigenvalue weighted by atomic mass is 9.94. The van der Waals surface area contributed by atoms with Crippen molar-refractivity contribution >= 4 is 11.8 Å². The number of rotatable bonds is 9. The molecule has 0 spiro atoms. The smallest absolute Gasteiger partial charge is 0.320 e. The van der Waals surface area contributed by atoms with E-state index in [4.69, 9.17) is 9.84 Å². The molecule has 2 atom stereocenters. The number of hydrogen-bond donors (Lipinski definition) is 2. The van der Waals surface area contributed by atoms with Gasteiger partial charge in [-0.2, -0.15) is 5.10 Å². The van der Waals surface area contributed by atoms with Crippen molar-refractivity contribution in [1.29, 1.82) is 0 Å². The number of urea groups is 1. The highest BCUT2D eigenvalue weighted by Gasteiger charge is 2.35. The van der Waals surface area contributed by atoms with Gasteiger partial charge in [0.1, 0.15) is 5.82 Å². The average Bonchev–Trinajstić information content (AvgIpc) is 3.50. The number of aromatic nitrogens is 3. The highest BCUT2D eigenvalue weighted by Crippen LogP contribution is 2.32. The Morgan fingerprint density at radius 3 is 2.43 bits per heavy atom. The number of para-hydroxylation sites is 1. The minimum absolute atomic E-state index is 0.231. The van der Waals surface area contributed by atoms with Gasteiger partial charge in [-0.1, -0.05) is 24.3 Å². The number of nitrogens with one attached hydrogen (secondary N) is 2. The molecule has 1 aliphatic rings. The molecule has 0 aliphatic carbocycles. The Hall–Kier alpha value is -4.15. The van der Waals surface area contributed by atoms with E-state index < -0.39 is 17.7 Å². The molecular formula is C32H36F2N6O2. The molecule has 1 aliphatic heterocycles. The van der Waals surface area contributed by atoms with Crippen molar-refractivity contribution in [2.24, 2.45) is 0 Å². The highest BCUT2D eigenvalue weighted by atomic mass is 19.2. The number of carbonyl (C=O) groups excluding carboxylic acids is 1.